The largest absolute Gasteiger partial charge is 0.394 e. The number of nitrogens with zero attached hydrogens (tertiary/aromatic N) is 2. The van der Waals surface area contributed by atoms with Crippen molar-refractivity contribution in [3.63, 3.8) is 0 Å². The maximum Gasteiger partial charge on any atom is 0.137 e. The van der Waals surface area contributed by atoms with E-state index in [0.29, 0.717) is 13.0 Å². The van der Waals surface area contributed by atoms with Crippen molar-refractivity contribution in [3.05, 3.63) is 35.8 Å². The third-order valence-corrected chi connectivity index (χ3v) is 3.74. The van der Waals surface area contributed by atoms with E-state index in [1.54, 1.807) is 0 Å². The fourth-order valence-electron chi connectivity index (χ4n) is 2.16. The zero-order valence-electron chi connectivity index (χ0n) is 11.4. The van der Waals surface area contributed by atoms with Gasteiger partial charge in [0, 0.05) is 12.7 Å². The SMILES string of the molecule is CCC(CO)(CO)NCc1c(C)nc2ccccn12. The predicted octanol–water partition coefficient (Wildman–Crippen LogP) is 0.866. The molecule has 0 amide bonds. The number of fused-ring (bicyclic) bond motifs is 1. The predicted molar refractivity (Wildman–Crippen MR) is 74.0 cm³/mol. The van der Waals surface area contributed by atoms with Gasteiger partial charge in [0.1, 0.15) is 5.65 Å². The number of aromatic nitrogens is 2. The molecule has 0 fully saturated rings. The van der Waals surface area contributed by atoms with E-state index >= 15 is 0 Å². The summed E-state index contributed by atoms with van der Waals surface area (Å²) in [6.45, 7) is 4.30. The first-order chi connectivity index (χ1) is 9.15. The molecule has 0 spiro atoms. The van der Waals surface area contributed by atoms with Crippen molar-refractivity contribution < 1.29 is 10.2 Å². The Morgan fingerprint density at radius 3 is 2.68 bits per heavy atom. The van der Waals surface area contributed by atoms with Crippen LogP contribution in [0.3, 0.4) is 0 Å². The van der Waals surface area contributed by atoms with Gasteiger partial charge in [0.25, 0.3) is 0 Å². The number of nitrogens with one attached hydrogen (secondary N) is 1. The van der Waals surface area contributed by atoms with E-state index in [9.17, 15) is 10.2 Å². The van der Waals surface area contributed by atoms with Gasteiger partial charge in [-0.2, -0.15) is 0 Å². The van der Waals surface area contributed by atoms with E-state index in [-0.39, 0.29) is 13.2 Å². The van der Waals surface area contributed by atoms with Crippen molar-refractivity contribution in [2.24, 2.45) is 0 Å². The number of hydrogen-bond donors (Lipinski definition) is 3. The van der Waals surface area contributed by atoms with E-state index in [1.807, 2.05) is 42.6 Å². The molecule has 2 rings (SSSR count). The van der Waals surface area contributed by atoms with Crippen LogP contribution >= 0.6 is 0 Å². The molecule has 3 N–H and O–H groups in total. The molecule has 0 unspecified atom stereocenters. The molecule has 104 valence electrons. The Balaban J connectivity index is 2.24. The minimum absolute atomic E-state index is 0.0875. The van der Waals surface area contributed by atoms with Gasteiger partial charge in [-0.15, -0.1) is 0 Å². The zero-order chi connectivity index (χ0) is 13.9. The summed E-state index contributed by atoms with van der Waals surface area (Å²) in [7, 11) is 0. The third-order valence-electron chi connectivity index (χ3n) is 3.74. The summed E-state index contributed by atoms with van der Waals surface area (Å²) in [4.78, 5) is 4.49. The molecule has 0 aromatic carbocycles. The molecule has 2 aromatic heterocycles. The minimum atomic E-state index is -0.634. The fraction of sp³-hybridized carbons (Fsp3) is 0.500. The molecule has 19 heavy (non-hydrogen) atoms. The van der Waals surface area contributed by atoms with Gasteiger partial charge in [-0.05, 0) is 25.5 Å². The molecular formula is C14H21N3O2. The average Bonchev–Trinajstić information content (AvgIpc) is 2.77. The number of imidazole rings is 1. The minimum Gasteiger partial charge on any atom is -0.394 e. The molecule has 2 heterocycles. The molecule has 0 saturated heterocycles. The van der Waals surface area contributed by atoms with E-state index in [2.05, 4.69) is 10.3 Å². The average molecular weight is 263 g/mol. The van der Waals surface area contributed by atoms with Crippen molar-refractivity contribution in [2.45, 2.75) is 32.4 Å². The van der Waals surface area contributed by atoms with Gasteiger partial charge in [0.15, 0.2) is 0 Å². The highest BCUT2D eigenvalue weighted by Gasteiger charge is 2.26. The summed E-state index contributed by atoms with van der Waals surface area (Å²) >= 11 is 0. The van der Waals surface area contributed by atoms with Crippen molar-refractivity contribution in [3.8, 4) is 0 Å². The van der Waals surface area contributed by atoms with Crippen LogP contribution in [0.1, 0.15) is 24.7 Å². The van der Waals surface area contributed by atoms with Gasteiger partial charge < -0.3 is 19.9 Å². The highest BCUT2D eigenvalue weighted by molar-refractivity contribution is 5.42. The van der Waals surface area contributed by atoms with Crippen LogP contribution < -0.4 is 5.32 Å². The smallest absolute Gasteiger partial charge is 0.137 e. The summed E-state index contributed by atoms with van der Waals surface area (Å²) in [5.41, 5.74) is 2.28. The molecular weight excluding hydrogens is 242 g/mol. The summed E-state index contributed by atoms with van der Waals surface area (Å²) in [6.07, 6.45) is 2.63. The Labute approximate surface area is 112 Å². The van der Waals surface area contributed by atoms with Crippen LogP contribution in [0.25, 0.3) is 5.65 Å². The molecule has 2 aromatic rings. The first-order valence-electron chi connectivity index (χ1n) is 6.55. The maximum absolute atomic E-state index is 9.44. The Morgan fingerprint density at radius 1 is 1.32 bits per heavy atom. The van der Waals surface area contributed by atoms with Gasteiger partial charge >= 0.3 is 0 Å². The second-order valence-electron chi connectivity index (χ2n) is 4.88. The Bertz CT molecular complexity index is 538. The molecule has 0 bridgehead atoms. The van der Waals surface area contributed by atoms with Crippen LogP contribution in [0, 0.1) is 6.92 Å². The molecule has 5 nitrogen and oxygen atoms in total. The Hall–Kier alpha value is -1.43. The molecule has 0 saturated carbocycles. The van der Waals surface area contributed by atoms with Crippen LogP contribution in [0.4, 0.5) is 0 Å². The van der Waals surface area contributed by atoms with Crippen molar-refractivity contribution in [2.75, 3.05) is 13.2 Å². The van der Waals surface area contributed by atoms with E-state index in [1.165, 1.54) is 0 Å². The van der Waals surface area contributed by atoms with E-state index < -0.39 is 5.54 Å². The van der Waals surface area contributed by atoms with Gasteiger partial charge in [-0.1, -0.05) is 13.0 Å². The van der Waals surface area contributed by atoms with Crippen molar-refractivity contribution >= 4 is 5.65 Å². The van der Waals surface area contributed by atoms with Crippen LogP contribution in [0.5, 0.6) is 0 Å². The Morgan fingerprint density at radius 2 is 2.05 bits per heavy atom. The monoisotopic (exact) mass is 263 g/mol. The highest BCUT2D eigenvalue weighted by atomic mass is 16.3. The number of aryl methyl sites for hydroxylation is 1. The Kier molecular flexibility index (Phi) is 4.19. The molecule has 0 aliphatic heterocycles. The third kappa shape index (κ3) is 2.63. The van der Waals surface area contributed by atoms with E-state index in [4.69, 9.17) is 0 Å². The quantitative estimate of drug-likeness (QED) is 0.723. The molecule has 5 heteroatoms. The zero-order valence-corrected chi connectivity index (χ0v) is 11.4. The summed E-state index contributed by atoms with van der Waals surface area (Å²) < 4.78 is 2.03. The van der Waals surface area contributed by atoms with Crippen LogP contribution in [-0.2, 0) is 6.54 Å². The molecule has 0 radical (unpaired) electrons. The van der Waals surface area contributed by atoms with Crippen molar-refractivity contribution in [1.29, 1.82) is 0 Å². The lowest BCUT2D eigenvalue weighted by Crippen LogP contribution is -2.51. The first-order valence-corrected chi connectivity index (χ1v) is 6.55. The van der Waals surface area contributed by atoms with E-state index in [0.717, 1.165) is 17.0 Å². The number of pyridine rings is 1. The van der Waals surface area contributed by atoms with Gasteiger partial charge in [-0.25, -0.2) is 4.98 Å². The summed E-state index contributed by atoms with van der Waals surface area (Å²) in [5.74, 6) is 0. The lowest BCUT2D eigenvalue weighted by atomic mass is 9.98. The molecule has 0 atom stereocenters. The first kappa shape index (κ1) is 14.0. The topological polar surface area (TPSA) is 69.8 Å². The second kappa shape index (κ2) is 5.69. The second-order valence-corrected chi connectivity index (χ2v) is 4.88. The summed E-state index contributed by atoms with van der Waals surface area (Å²) in [6, 6.07) is 5.88. The lowest BCUT2D eigenvalue weighted by molar-refractivity contribution is 0.0860. The lowest BCUT2D eigenvalue weighted by Gasteiger charge is -2.29. The fourth-order valence-corrected chi connectivity index (χ4v) is 2.16. The van der Waals surface area contributed by atoms with Crippen LogP contribution in [-0.4, -0.2) is 38.4 Å². The highest BCUT2D eigenvalue weighted by Crippen LogP contribution is 2.14. The standard InChI is InChI=1S/C14H21N3O2/c1-3-14(9-18,10-19)15-8-12-11(2)16-13-6-4-5-7-17(12)13/h4-7,15,18-19H,3,8-10H2,1-2H3. The van der Waals surface area contributed by atoms with Gasteiger partial charge in [0.05, 0.1) is 30.1 Å². The maximum atomic E-state index is 9.44. The molecule has 0 aliphatic carbocycles. The number of aliphatic hydroxyl groups is 2. The number of hydrogen-bond acceptors (Lipinski definition) is 4. The summed E-state index contributed by atoms with van der Waals surface area (Å²) in [5, 5.41) is 22.1. The van der Waals surface area contributed by atoms with Crippen LogP contribution in [0.2, 0.25) is 0 Å². The van der Waals surface area contributed by atoms with Crippen molar-refractivity contribution in [1.82, 2.24) is 14.7 Å². The number of rotatable bonds is 6. The van der Waals surface area contributed by atoms with Crippen LogP contribution in [0.15, 0.2) is 24.4 Å². The molecule has 0 aliphatic rings. The van der Waals surface area contributed by atoms with Gasteiger partial charge in [-0.3, -0.25) is 0 Å². The van der Waals surface area contributed by atoms with Gasteiger partial charge in [0.2, 0.25) is 0 Å². The number of aliphatic hydroxyl groups excluding tert-OH is 2. The normalized spacial score (nSPS) is 12.2.